The Hall–Kier alpha value is -1.51. The summed E-state index contributed by atoms with van der Waals surface area (Å²) in [5.41, 5.74) is 3.99. The Morgan fingerprint density at radius 2 is 1.95 bits per heavy atom. The van der Waals surface area contributed by atoms with Crippen LogP contribution in [0.25, 0.3) is 16.7 Å². The summed E-state index contributed by atoms with van der Waals surface area (Å²) in [6.07, 6.45) is 0. The molecule has 0 aliphatic carbocycles. The van der Waals surface area contributed by atoms with Crippen LogP contribution in [0.15, 0.2) is 42.5 Å². The SMILES string of the molecule is Cc1cccc(-n2c(CCl)nc3cccc(Cl)c32)c1. The normalized spacial score (nSPS) is 11.1. The molecule has 3 aromatic rings. The number of fused-ring (bicyclic) bond motifs is 1. The van der Waals surface area contributed by atoms with Crippen molar-refractivity contribution in [1.82, 2.24) is 9.55 Å². The number of nitrogens with zero attached hydrogens (tertiary/aromatic N) is 2. The fourth-order valence-corrected chi connectivity index (χ4v) is 2.70. The Balaban J connectivity index is 2.38. The average molecular weight is 291 g/mol. The van der Waals surface area contributed by atoms with Gasteiger partial charge in [0.25, 0.3) is 0 Å². The van der Waals surface area contributed by atoms with E-state index in [1.54, 1.807) is 0 Å². The number of aromatic nitrogens is 2. The number of benzene rings is 2. The van der Waals surface area contributed by atoms with Gasteiger partial charge in [-0.2, -0.15) is 0 Å². The minimum absolute atomic E-state index is 0.346. The van der Waals surface area contributed by atoms with Crippen molar-refractivity contribution in [2.75, 3.05) is 0 Å². The number of halogens is 2. The van der Waals surface area contributed by atoms with Crippen LogP contribution in [-0.4, -0.2) is 9.55 Å². The highest BCUT2D eigenvalue weighted by Crippen LogP contribution is 2.28. The van der Waals surface area contributed by atoms with E-state index in [1.807, 2.05) is 34.9 Å². The highest BCUT2D eigenvalue weighted by atomic mass is 35.5. The predicted molar refractivity (Wildman–Crippen MR) is 80.4 cm³/mol. The molecule has 2 nitrogen and oxygen atoms in total. The van der Waals surface area contributed by atoms with E-state index in [-0.39, 0.29) is 0 Å². The lowest BCUT2D eigenvalue weighted by Crippen LogP contribution is -1.99. The highest BCUT2D eigenvalue weighted by Gasteiger charge is 2.14. The molecule has 96 valence electrons. The second-order valence-corrected chi connectivity index (χ2v) is 5.12. The molecule has 0 radical (unpaired) electrons. The van der Waals surface area contributed by atoms with E-state index in [4.69, 9.17) is 23.2 Å². The number of hydrogen-bond donors (Lipinski definition) is 0. The summed E-state index contributed by atoms with van der Waals surface area (Å²) < 4.78 is 2.03. The second kappa shape index (κ2) is 4.87. The van der Waals surface area contributed by atoms with Gasteiger partial charge in [-0.15, -0.1) is 11.6 Å². The van der Waals surface area contributed by atoms with Crippen LogP contribution in [0.2, 0.25) is 5.02 Å². The van der Waals surface area contributed by atoms with Gasteiger partial charge in [0.2, 0.25) is 0 Å². The van der Waals surface area contributed by atoms with Crippen LogP contribution in [0.5, 0.6) is 0 Å². The lowest BCUT2D eigenvalue weighted by atomic mass is 10.2. The summed E-state index contributed by atoms with van der Waals surface area (Å²) in [4.78, 5) is 4.54. The first-order valence-corrected chi connectivity index (χ1v) is 6.91. The Bertz CT molecular complexity index is 747. The van der Waals surface area contributed by atoms with Crippen molar-refractivity contribution in [1.29, 1.82) is 0 Å². The molecule has 0 N–H and O–H groups in total. The van der Waals surface area contributed by atoms with Crippen molar-refractivity contribution in [2.45, 2.75) is 12.8 Å². The van der Waals surface area contributed by atoms with Crippen molar-refractivity contribution in [3.05, 3.63) is 58.9 Å². The van der Waals surface area contributed by atoms with Gasteiger partial charge >= 0.3 is 0 Å². The van der Waals surface area contributed by atoms with E-state index in [0.717, 1.165) is 22.5 Å². The van der Waals surface area contributed by atoms with Crippen LogP contribution in [0, 0.1) is 6.92 Å². The third-order valence-corrected chi connectivity index (χ3v) is 3.62. The minimum Gasteiger partial charge on any atom is -0.294 e. The Morgan fingerprint density at radius 3 is 2.68 bits per heavy atom. The van der Waals surface area contributed by atoms with E-state index in [0.29, 0.717) is 10.9 Å². The molecular formula is C15H12Cl2N2. The van der Waals surface area contributed by atoms with Crippen LogP contribution in [0.1, 0.15) is 11.4 Å². The first-order chi connectivity index (χ1) is 9.20. The molecule has 2 aromatic carbocycles. The summed E-state index contributed by atoms with van der Waals surface area (Å²) in [6.45, 7) is 2.06. The molecule has 0 aliphatic rings. The van der Waals surface area contributed by atoms with Crippen LogP contribution in [-0.2, 0) is 5.88 Å². The Kier molecular flexibility index (Phi) is 3.21. The lowest BCUT2D eigenvalue weighted by molar-refractivity contribution is 0.980. The van der Waals surface area contributed by atoms with E-state index in [9.17, 15) is 0 Å². The van der Waals surface area contributed by atoms with Crippen LogP contribution >= 0.6 is 23.2 Å². The van der Waals surface area contributed by atoms with Gasteiger partial charge in [-0.3, -0.25) is 4.57 Å². The Labute approximate surface area is 121 Å². The van der Waals surface area contributed by atoms with Gasteiger partial charge in [0.15, 0.2) is 0 Å². The molecule has 0 saturated carbocycles. The molecule has 0 atom stereocenters. The van der Waals surface area contributed by atoms with E-state index >= 15 is 0 Å². The molecule has 0 aliphatic heterocycles. The fraction of sp³-hybridized carbons (Fsp3) is 0.133. The summed E-state index contributed by atoms with van der Waals surface area (Å²) in [6, 6.07) is 13.9. The molecule has 3 rings (SSSR count). The zero-order chi connectivity index (χ0) is 13.4. The largest absolute Gasteiger partial charge is 0.294 e. The van der Waals surface area contributed by atoms with Gasteiger partial charge in [-0.1, -0.05) is 29.8 Å². The number of alkyl halides is 1. The summed E-state index contributed by atoms with van der Waals surface area (Å²) >= 11 is 12.3. The number of imidazole rings is 1. The quantitative estimate of drug-likeness (QED) is 0.624. The van der Waals surface area contributed by atoms with Crippen LogP contribution < -0.4 is 0 Å². The van der Waals surface area contributed by atoms with Crippen LogP contribution in [0.3, 0.4) is 0 Å². The fourth-order valence-electron chi connectivity index (χ4n) is 2.27. The topological polar surface area (TPSA) is 17.8 Å². The van der Waals surface area contributed by atoms with E-state index < -0.39 is 0 Å². The smallest absolute Gasteiger partial charge is 0.129 e. The molecule has 1 heterocycles. The second-order valence-electron chi connectivity index (χ2n) is 4.44. The zero-order valence-corrected chi connectivity index (χ0v) is 11.9. The molecule has 0 bridgehead atoms. The number of aryl methyl sites for hydroxylation is 1. The molecular weight excluding hydrogens is 279 g/mol. The first-order valence-electron chi connectivity index (χ1n) is 5.99. The zero-order valence-electron chi connectivity index (χ0n) is 10.4. The third kappa shape index (κ3) is 2.11. The summed E-state index contributed by atoms with van der Waals surface area (Å²) in [5, 5.41) is 0.683. The lowest BCUT2D eigenvalue weighted by Gasteiger charge is -2.09. The predicted octanol–water partition coefficient (Wildman–Crippen LogP) is 4.73. The average Bonchev–Trinajstić information content (AvgIpc) is 2.78. The van der Waals surface area contributed by atoms with E-state index in [1.165, 1.54) is 5.56 Å². The molecule has 0 spiro atoms. The molecule has 0 unspecified atom stereocenters. The number of rotatable bonds is 2. The minimum atomic E-state index is 0.346. The van der Waals surface area contributed by atoms with Crippen molar-refractivity contribution in [3.63, 3.8) is 0 Å². The van der Waals surface area contributed by atoms with Crippen LogP contribution in [0.4, 0.5) is 0 Å². The van der Waals surface area contributed by atoms with Gasteiger partial charge < -0.3 is 0 Å². The number of hydrogen-bond acceptors (Lipinski definition) is 1. The molecule has 4 heteroatoms. The molecule has 0 fully saturated rings. The van der Waals surface area contributed by atoms with Gasteiger partial charge in [0.05, 0.1) is 21.9 Å². The summed E-state index contributed by atoms with van der Waals surface area (Å²) in [7, 11) is 0. The Morgan fingerprint density at radius 1 is 1.16 bits per heavy atom. The van der Waals surface area contributed by atoms with Gasteiger partial charge in [-0.05, 0) is 36.8 Å². The maximum atomic E-state index is 6.32. The summed E-state index contributed by atoms with van der Waals surface area (Å²) in [5.74, 6) is 1.15. The van der Waals surface area contributed by atoms with E-state index in [2.05, 4.69) is 24.0 Å². The third-order valence-electron chi connectivity index (χ3n) is 3.08. The maximum absolute atomic E-state index is 6.32. The van der Waals surface area contributed by atoms with Gasteiger partial charge in [0, 0.05) is 5.69 Å². The molecule has 0 saturated heterocycles. The van der Waals surface area contributed by atoms with Gasteiger partial charge in [-0.25, -0.2) is 4.98 Å². The molecule has 1 aromatic heterocycles. The van der Waals surface area contributed by atoms with Crippen molar-refractivity contribution in [3.8, 4) is 5.69 Å². The monoisotopic (exact) mass is 290 g/mol. The maximum Gasteiger partial charge on any atom is 0.129 e. The molecule has 0 amide bonds. The van der Waals surface area contributed by atoms with Crippen molar-refractivity contribution < 1.29 is 0 Å². The molecule has 19 heavy (non-hydrogen) atoms. The standard InChI is InChI=1S/C15H12Cl2N2/c1-10-4-2-5-11(8-10)19-14(9-16)18-13-7-3-6-12(17)15(13)19/h2-8H,9H2,1H3. The van der Waals surface area contributed by atoms with Crippen molar-refractivity contribution in [2.24, 2.45) is 0 Å². The highest BCUT2D eigenvalue weighted by molar-refractivity contribution is 6.35. The van der Waals surface area contributed by atoms with Crippen molar-refractivity contribution >= 4 is 34.2 Å². The van der Waals surface area contributed by atoms with Gasteiger partial charge in [0.1, 0.15) is 5.82 Å². The first kappa shape index (κ1) is 12.5. The number of para-hydroxylation sites is 1.